The molecule has 0 saturated heterocycles. The molecule has 0 bridgehead atoms. The van der Waals surface area contributed by atoms with E-state index in [2.05, 4.69) is 17.4 Å². The molecule has 1 amide bonds. The average molecular weight is 335 g/mol. The smallest absolute Gasteiger partial charge is 0.224 e. The van der Waals surface area contributed by atoms with Gasteiger partial charge in [-0.1, -0.05) is 30.3 Å². The molecular formula is C21H21NO3. The third kappa shape index (κ3) is 4.73. The summed E-state index contributed by atoms with van der Waals surface area (Å²) in [6, 6.07) is 19.6. The van der Waals surface area contributed by atoms with Crippen LogP contribution in [-0.4, -0.2) is 13.0 Å². The zero-order valence-electron chi connectivity index (χ0n) is 14.2. The molecule has 0 aliphatic rings. The second-order valence-corrected chi connectivity index (χ2v) is 5.82. The highest BCUT2D eigenvalue weighted by Gasteiger charge is 2.09. The van der Waals surface area contributed by atoms with Crippen molar-refractivity contribution in [2.75, 3.05) is 12.4 Å². The van der Waals surface area contributed by atoms with Crippen molar-refractivity contribution in [2.24, 2.45) is 0 Å². The van der Waals surface area contributed by atoms with Crippen LogP contribution in [0.25, 0.3) is 0 Å². The maximum atomic E-state index is 12.1. The standard InChI is InChI=1S/C21H21NO3/c1-24-20-11-9-18(15-17(20)14-16-6-3-2-4-7-16)22-21(23)12-10-19-8-5-13-25-19/h2-9,11,13,15H,10,12,14H2,1H3,(H,22,23). The van der Waals surface area contributed by atoms with Crippen molar-refractivity contribution in [3.8, 4) is 5.75 Å². The van der Waals surface area contributed by atoms with Gasteiger partial charge in [0.25, 0.3) is 0 Å². The van der Waals surface area contributed by atoms with Gasteiger partial charge >= 0.3 is 0 Å². The Morgan fingerprint density at radius 1 is 1.08 bits per heavy atom. The van der Waals surface area contributed by atoms with Crippen LogP contribution in [0.5, 0.6) is 5.75 Å². The van der Waals surface area contributed by atoms with E-state index in [0.717, 1.165) is 29.2 Å². The van der Waals surface area contributed by atoms with Crippen LogP contribution in [0.3, 0.4) is 0 Å². The number of rotatable bonds is 7. The lowest BCUT2D eigenvalue weighted by molar-refractivity contribution is -0.116. The number of carbonyl (C=O) groups is 1. The van der Waals surface area contributed by atoms with Crippen molar-refractivity contribution >= 4 is 11.6 Å². The highest BCUT2D eigenvalue weighted by atomic mass is 16.5. The van der Waals surface area contributed by atoms with Crippen LogP contribution in [0.1, 0.15) is 23.3 Å². The van der Waals surface area contributed by atoms with Crippen LogP contribution in [-0.2, 0) is 17.6 Å². The van der Waals surface area contributed by atoms with Crippen molar-refractivity contribution in [2.45, 2.75) is 19.3 Å². The molecule has 4 nitrogen and oxygen atoms in total. The van der Waals surface area contributed by atoms with Crippen LogP contribution in [0.15, 0.2) is 71.3 Å². The number of anilines is 1. The first-order valence-corrected chi connectivity index (χ1v) is 8.27. The highest BCUT2D eigenvalue weighted by Crippen LogP contribution is 2.25. The molecule has 0 aliphatic carbocycles. The fourth-order valence-electron chi connectivity index (χ4n) is 2.73. The first-order chi connectivity index (χ1) is 12.2. The SMILES string of the molecule is COc1ccc(NC(=O)CCc2ccco2)cc1Cc1ccccc1. The molecule has 3 rings (SSSR count). The lowest BCUT2D eigenvalue weighted by Crippen LogP contribution is -2.12. The minimum absolute atomic E-state index is 0.0350. The Kier molecular flexibility index (Phi) is 5.52. The van der Waals surface area contributed by atoms with Crippen LogP contribution in [0.2, 0.25) is 0 Å². The number of hydrogen-bond acceptors (Lipinski definition) is 3. The molecule has 0 fully saturated rings. The van der Waals surface area contributed by atoms with Gasteiger partial charge in [0.15, 0.2) is 0 Å². The van der Waals surface area contributed by atoms with Gasteiger partial charge in [0.2, 0.25) is 5.91 Å². The number of amides is 1. The van der Waals surface area contributed by atoms with Gasteiger partial charge in [-0.25, -0.2) is 0 Å². The van der Waals surface area contributed by atoms with E-state index in [4.69, 9.17) is 9.15 Å². The fourth-order valence-corrected chi connectivity index (χ4v) is 2.73. The molecule has 2 aromatic carbocycles. The van der Waals surface area contributed by atoms with E-state index >= 15 is 0 Å². The number of aryl methyl sites for hydroxylation is 1. The molecule has 0 aliphatic heterocycles. The number of hydrogen-bond donors (Lipinski definition) is 1. The fraction of sp³-hybridized carbons (Fsp3) is 0.190. The molecule has 1 heterocycles. The van der Waals surface area contributed by atoms with Crippen molar-refractivity contribution in [1.82, 2.24) is 0 Å². The van der Waals surface area contributed by atoms with E-state index in [1.165, 1.54) is 5.56 Å². The Bertz CT molecular complexity index is 810. The molecule has 0 saturated carbocycles. The third-order valence-electron chi connectivity index (χ3n) is 3.98. The minimum atomic E-state index is -0.0350. The lowest BCUT2D eigenvalue weighted by Gasteiger charge is -2.12. The summed E-state index contributed by atoms with van der Waals surface area (Å²) >= 11 is 0. The number of carbonyl (C=O) groups excluding carboxylic acids is 1. The van der Waals surface area contributed by atoms with Crippen LogP contribution in [0.4, 0.5) is 5.69 Å². The second kappa shape index (κ2) is 8.20. The molecular weight excluding hydrogens is 314 g/mol. The van der Waals surface area contributed by atoms with Gasteiger partial charge in [0.05, 0.1) is 13.4 Å². The van der Waals surface area contributed by atoms with Gasteiger partial charge in [-0.3, -0.25) is 4.79 Å². The molecule has 0 atom stereocenters. The molecule has 0 unspecified atom stereocenters. The zero-order chi connectivity index (χ0) is 17.5. The number of methoxy groups -OCH3 is 1. The number of nitrogens with one attached hydrogen (secondary N) is 1. The topological polar surface area (TPSA) is 51.5 Å². The monoisotopic (exact) mass is 335 g/mol. The van der Waals surface area contributed by atoms with Gasteiger partial charge in [-0.2, -0.15) is 0 Å². The third-order valence-corrected chi connectivity index (χ3v) is 3.98. The van der Waals surface area contributed by atoms with Gasteiger partial charge < -0.3 is 14.5 Å². The summed E-state index contributed by atoms with van der Waals surface area (Å²) in [5.41, 5.74) is 3.01. The first-order valence-electron chi connectivity index (χ1n) is 8.27. The summed E-state index contributed by atoms with van der Waals surface area (Å²) in [6.45, 7) is 0. The Balaban J connectivity index is 1.67. The van der Waals surface area contributed by atoms with Crippen LogP contribution >= 0.6 is 0 Å². The van der Waals surface area contributed by atoms with E-state index in [9.17, 15) is 4.79 Å². The number of benzene rings is 2. The molecule has 1 aromatic heterocycles. The number of ether oxygens (including phenoxy) is 1. The molecule has 4 heteroatoms. The van der Waals surface area contributed by atoms with Gasteiger partial charge in [0, 0.05) is 30.5 Å². The molecule has 128 valence electrons. The van der Waals surface area contributed by atoms with Crippen molar-refractivity contribution in [3.05, 3.63) is 83.8 Å². The Hall–Kier alpha value is -3.01. The molecule has 0 spiro atoms. The largest absolute Gasteiger partial charge is 0.496 e. The summed E-state index contributed by atoms with van der Waals surface area (Å²) in [4.78, 5) is 12.1. The summed E-state index contributed by atoms with van der Waals surface area (Å²) < 4.78 is 10.7. The minimum Gasteiger partial charge on any atom is -0.496 e. The predicted octanol–water partition coefficient (Wildman–Crippen LogP) is 4.45. The number of furan rings is 1. The summed E-state index contributed by atoms with van der Waals surface area (Å²) in [5.74, 6) is 1.60. The van der Waals surface area contributed by atoms with Crippen molar-refractivity contribution < 1.29 is 13.9 Å². The lowest BCUT2D eigenvalue weighted by atomic mass is 10.0. The van der Waals surface area contributed by atoms with Gasteiger partial charge in [0.1, 0.15) is 11.5 Å². The van der Waals surface area contributed by atoms with Crippen molar-refractivity contribution in [1.29, 1.82) is 0 Å². The van der Waals surface area contributed by atoms with Crippen LogP contribution in [0, 0.1) is 0 Å². The normalized spacial score (nSPS) is 10.4. The Labute approximate surface area is 147 Å². The van der Waals surface area contributed by atoms with Gasteiger partial charge in [-0.05, 0) is 35.9 Å². The van der Waals surface area contributed by atoms with Crippen molar-refractivity contribution in [3.63, 3.8) is 0 Å². The Morgan fingerprint density at radius 3 is 2.64 bits per heavy atom. The first kappa shape index (κ1) is 16.8. The molecule has 3 aromatic rings. The van der Waals surface area contributed by atoms with E-state index in [1.807, 2.05) is 48.5 Å². The van der Waals surface area contributed by atoms with Crippen LogP contribution < -0.4 is 10.1 Å². The van der Waals surface area contributed by atoms with Gasteiger partial charge in [-0.15, -0.1) is 0 Å². The predicted molar refractivity (Wildman–Crippen MR) is 97.9 cm³/mol. The summed E-state index contributed by atoms with van der Waals surface area (Å²) in [6.07, 6.45) is 3.34. The highest BCUT2D eigenvalue weighted by molar-refractivity contribution is 5.91. The van der Waals surface area contributed by atoms with E-state index in [1.54, 1.807) is 13.4 Å². The zero-order valence-corrected chi connectivity index (χ0v) is 14.2. The van der Waals surface area contributed by atoms with E-state index < -0.39 is 0 Å². The second-order valence-electron chi connectivity index (χ2n) is 5.82. The van der Waals surface area contributed by atoms with E-state index in [-0.39, 0.29) is 5.91 Å². The summed E-state index contributed by atoms with van der Waals surface area (Å²) in [7, 11) is 1.66. The quantitative estimate of drug-likeness (QED) is 0.694. The maximum absolute atomic E-state index is 12.1. The average Bonchev–Trinajstić information content (AvgIpc) is 3.15. The molecule has 0 radical (unpaired) electrons. The summed E-state index contributed by atoms with van der Waals surface area (Å²) in [5, 5.41) is 2.95. The maximum Gasteiger partial charge on any atom is 0.224 e. The Morgan fingerprint density at radius 2 is 1.92 bits per heavy atom. The molecule has 25 heavy (non-hydrogen) atoms. The molecule has 1 N–H and O–H groups in total. The van der Waals surface area contributed by atoms with E-state index in [0.29, 0.717) is 12.8 Å².